The molecule has 4 amide bonds. The first-order valence-electron chi connectivity index (χ1n) is 13.0. The molecule has 0 radical (unpaired) electrons. The maximum Gasteiger partial charge on any atom is 0.262 e. The molecule has 6 rings (SSSR count). The average molecular weight is 525 g/mol. The second-order valence-electron chi connectivity index (χ2n) is 10.2. The van der Waals surface area contributed by atoms with Gasteiger partial charge in [-0.2, -0.15) is 0 Å². The zero-order valence-electron chi connectivity index (χ0n) is 21.6. The first-order chi connectivity index (χ1) is 18.9. The molecule has 198 valence electrons. The second-order valence-corrected chi connectivity index (χ2v) is 10.2. The van der Waals surface area contributed by atoms with Crippen LogP contribution in [0.25, 0.3) is 10.9 Å². The van der Waals surface area contributed by atoms with Crippen molar-refractivity contribution < 1.29 is 23.6 Å². The Morgan fingerprint density at radius 2 is 1.69 bits per heavy atom. The van der Waals surface area contributed by atoms with E-state index in [9.17, 15) is 19.2 Å². The number of imide groups is 1. The van der Waals surface area contributed by atoms with Crippen molar-refractivity contribution in [3.63, 3.8) is 0 Å². The van der Waals surface area contributed by atoms with Gasteiger partial charge in [0.25, 0.3) is 11.8 Å². The number of anilines is 1. The van der Waals surface area contributed by atoms with Gasteiger partial charge in [-0.05, 0) is 61.4 Å². The predicted molar refractivity (Wildman–Crippen MR) is 144 cm³/mol. The smallest absolute Gasteiger partial charge is 0.262 e. The number of nitrogens with zero attached hydrogens (tertiary/aromatic N) is 3. The van der Waals surface area contributed by atoms with E-state index in [1.807, 2.05) is 42.1 Å². The Hall–Kier alpha value is -4.66. The molecule has 2 aromatic carbocycles. The fourth-order valence-corrected chi connectivity index (χ4v) is 5.83. The lowest BCUT2D eigenvalue weighted by Gasteiger charge is -2.40. The van der Waals surface area contributed by atoms with Gasteiger partial charge in [-0.15, -0.1) is 0 Å². The van der Waals surface area contributed by atoms with E-state index in [-0.39, 0.29) is 23.6 Å². The molecule has 1 N–H and O–H groups in total. The van der Waals surface area contributed by atoms with Crippen molar-refractivity contribution >= 4 is 40.2 Å². The predicted octanol–water partition coefficient (Wildman–Crippen LogP) is 4.35. The van der Waals surface area contributed by atoms with Gasteiger partial charge in [-0.3, -0.25) is 24.1 Å². The second kappa shape index (κ2) is 9.58. The summed E-state index contributed by atoms with van der Waals surface area (Å²) in [6.45, 7) is -0.418. The van der Waals surface area contributed by atoms with Crippen LogP contribution in [0, 0.1) is 0 Å². The van der Waals surface area contributed by atoms with E-state index < -0.39 is 29.8 Å². The van der Waals surface area contributed by atoms with E-state index in [1.54, 1.807) is 36.4 Å². The molecule has 39 heavy (non-hydrogen) atoms. The number of rotatable bonds is 7. The third-order valence-electron chi connectivity index (χ3n) is 7.88. The van der Waals surface area contributed by atoms with Gasteiger partial charge in [0.2, 0.25) is 11.8 Å². The van der Waals surface area contributed by atoms with Crippen molar-refractivity contribution in [3.8, 4) is 0 Å². The Labute approximate surface area is 225 Å². The number of fused-ring (bicyclic) bond motifs is 2. The van der Waals surface area contributed by atoms with Crippen LogP contribution in [-0.4, -0.2) is 50.1 Å². The third-order valence-corrected chi connectivity index (χ3v) is 7.88. The Morgan fingerprint density at radius 3 is 2.36 bits per heavy atom. The van der Waals surface area contributed by atoms with E-state index in [2.05, 4.69) is 5.32 Å². The van der Waals surface area contributed by atoms with E-state index in [0.29, 0.717) is 24.3 Å². The Kier molecular flexibility index (Phi) is 6.06. The average Bonchev–Trinajstić information content (AvgIpc) is 3.74. The van der Waals surface area contributed by atoms with Gasteiger partial charge in [0.1, 0.15) is 17.8 Å². The highest BCUT2D eigenvalue weighted by Crippen LogP contribution is 2.38. The van der Waals surface area contributed by atoms with E-state index in [4.69, 9.17) is 4.42 Å². The van der Waals surface area contributed by atoms with Crippen LogP contribution in [0.1, 0.15) is 52.2 Å². The number of amides is 4. The molecule has 0 bridgehead atoms. The van der Waals surface area contributed by atoms with Crippen LogP contribution < -0.4 is 5.32 Å². The number of hydrogen-bond donors (Lipinski definition) is 1. The quantitative estimate of drug-likeness (QED) is 0.362. The standard InChI is InChI=1S/C30H28N4O5/c1-32-15-12-20-17-21(10-11-25(20)32)31-29(38)30(13-4-5-14-30)34(18-22-7-6-16-39-22)26(35)19-33-27(36)23-8-2-3-9-24(23)28(33)37/h2-3,6-12,15-17H,4-5,13-14,18-19H2,1H3,(H,31,38). The van der Waals surface area contributed by atoms with Crippen molar-refractivity contribution in [3.05, 3.63) is 90.0 Å². The lowest BCUT2D eigenvalue weighted by molar-refractivity contribution is -0.146. The maximum atomic E-state index is 14.0. The van der Waals surface area contributed by atoms with Gasteiger partial charge < -0.3 is 19.2 Å². The summed E-state index contributed by atoms with van der Waals surface area (Å²) >= 11 is 0. The molecule has 9 heteroatoms. The number of carbonyl (C=O) groups is 4. The minimum absolute atomic E-state index is 0.0418. The zero-order valence-corrected chi connectivity index (χ0v) is 21.6. The summed E-state index contributed by atoms with van der Waals surface area (Å²) in [7, 11) is 1.96. The fraction of sp³-hybridized carbons (Fsp3) is 0.267. The minimum atomic E-state index is -1.16. The maximum absolute atomic E-state index is 14.0. The lowest BCUT2D eigenvalue weighted by atomic mass is 9.92. The van der Waals surface area contributed by atoms with Crippen LogP contribution in [0.5, 0.6) is 0 Å². The summed E-state index contributed by atoms with van der Waals surface area (Å²) in [6, 6.07) is 17.7. The summed E-state index contributed by atoms with van der Waals surface area (Å²) in [6.07, 6.45) is 5.92. The van der Waals surface area contributed by atoms with Crippen LogP contribution in [0.2, 0.25) is 0 Å². The largest absolute Gasteiger partial charge is 0.467 e. The topological polar surface area (TPSA) is 105 Å². The van der Waals surface area contributed by atoms with E-state index >= 15 is 0 Å². The Balaban J connectivity index is 1.31. The number of carbonyl (C=O) groups excluding carboxylic acids is 4. The number of aryl methyl sites for hydroxylation is 1. The van der Waals surface area contributed by atoms with E-state index in [1.165, 1.54) is 11.2 Å². The fourth-order valence-electron chi connectivity index (χ4n) is 5.83. The molecular weight excluding hydrogens is 496 g/mol. The summed E-state index contributed by atoms with van der Waals surface area (Å²) in [4.78, 5) is 56.4. The highest BCUT2D eigenvalue weighted by atomic mass is 16.3. The van der Waals surface area contributed by atoms with Gasteiger partial charge in [0, 0.05) is 29.8 Å². The van der Waals surface area contributed by atoms with Gasteiger partial charge in [-0.1, -0.05) is 25.0 Å². The molecule has 4 aromatic rings. The first-order valence-corrected chi connectivity index (χ1v) is 13.0. The molecule has 3 heterocycles. The molecule has 1 aliphatic carbocycles. The Bertz CT molecular complexity index is 1560. The number of hydrogen-bond acceptors (Lipinski definition) is 5. The Morgan fingerprint density at radius 1 is 0.974 bits per heavy atom. The van der Waals surface area contributed by atoms with Crippen LogP contribution in [0.15, 0.2) is 77.5 Å². The van der Waals surface area contributed by atoms with Gasteiger partial charge >= 0.3 is 0 Å². The van der Waals surface area contributed by atoms with Crippen molar-refractivity contribution in [2.75, 3.05) is 11.9 Å². The van der Waals surface area contributed by atoms with Crippen molar-refractivity contribution in [2.45, 2.75) is 37.8 Å². The van der Waals surface area contributed by atoms with Crippen LogP contribution in [0.4, 0.5) is 5.69 Å². The van der Waals surface area contributed by atoms with Crippen LogP contribution >= 0.6 is 0 Å². The summed E-state index contributed by atoms with van der Waals surface area (Å²) < 4.78 is 7.56. The number of furan rings is 1. The zero-order chi connectivity index (χ0) is 27.1. The SMILES string of the molecule is Cn1ccc2cc(NC(=O)C3(N(Cc4ccco4)C(=O)CN4C(=O)c5ccccc5C4=O)CCCC3)ccc21. The highest BCUT2D eigenvalue weighted by molar-refractivity contribution is 6.22. The molecule has 1 aliphatic heterocycles. The molecule has 0 unspecified atom stereocenters. The molecule has 2 aliphatic rings. The monoisotopic (exact) mass is 524 g/mol. The minimum Gasteiger partial charge on any atom is -0.467 e. The normalized spacial score (nSPS) is 16.1. The van der Waals surface area contributed by atoms with Crippen molar-refractivity contribution in [2.24, 2.45) is 7.05 Å². The molecule has 0 spiro atoms. The van der Waals surface area contributed by atoms with Crippen LogP contribution in [0.3, 0.4) is 0 Å². The molecule has 1 fully saturated rings. The van der Waals surface area contributed by atoms with Gasteiger partial charge in [0.15, 0.2) is 0 Å². The van der Waals surface area contributed by atoms with Crippen molar-refractivity contribution in [1.82, 2.24) is 14.4 Å². The number of nitrogens with one attached hydrogen (secondary N) is 1. The third kappa shape index (κ3) is 4.20. The summed E-state index contributed by atoms with van der Waals surface area (Å²) in [5.74, 6) is -1.30. The molecule has 2 aromatic heterocycles. The van der Waals surface area contributed by atoms with Crippen LogP contribution in [-0.2, 0) is 23.2 Å². The summed E-state index contributed by atoms with van der Waals surface area (Å²) in [5.41, 5.74) is 1.07. The van der Waals surface area contributed by atoms with Gasteiger partial charge in [0.05, 0.1) is 23.9 Å². The number of benzene rings is 2. The first kappa shape index (κ1) is 24.7. The summed E-state index contributed by atoms with van der Waals surface area (Å²) in [5, 5.41) is 4.04. The number of aromatic nitrogens is 1. The van der Waals surface area contributed by atoms with Gasteiger partial charge in [-0.25, -0.2) is 0 Å². The molecular formula is C30H28N4O5. The molecule has 9 nitrogen and oxygen atoms in total. The lowest BCUT2D eigenvalue weighted by Crippen LogP contribution is -2.59. The molecule has 0 atom stereocenters. The molecule has 1 saturated carbocycles. The van der Waals surface area contributed by atoms with Crippen molar-refractivity contribution in [1.29, 1.82) is 0 Å². The van der Waals surface area contributed by atoms with E-state index in [0.717, 1.165) is 28.6 Å². The highest BCUT2D eigenvalue weighted by Gasteiger charge is 2.49. The molecule has 0 saturated heterocycles.